The molecule has 0 saturated heterocycles. The Morgan fingerprint density at radius 1 is 1.27 bits per heavy atom. The van der Waals surface area contributed by atoms with Gasteiger partial charge in [-0.05, 0) is 0 Å². The molecule has 5 heteroatoms. The molecule has 0 fully saturated rings. The second kappa shape index (κ2) is 3.63. The predicted octanol–water partition coefficient (Wildman–Crippen LogP) is 0.104. The minimum atomic E-state index is -5.14. The van der Waals surface area contributed by atoms with E-state index in [9.17, 15) is 9.79 Å². The number of aryl methyl sites for hydroxylation is 1. The van der Waals surface area contributed by atoms with Gasteiger partial charge < -0.3 is 0 Å². The first kappa shape index (κ1) is 10.7. The first-order valence-corrected chi connectivity index (χ1v) is 9.01. The zero-order valence-corrected chi connectivity index (χ0v) is 10.6. The normalized spacial score (nSPS) is 11.9. The molecule has 0 aliphatic carbocycles. The van der Waals surface area contributed by atoms with Crippen LogP contribution in [0.1, 0.15) is 5.56 Å². The van der Waals surface area contributed by atoms with Crippen LogP contribution in [0.3, 0.4) is 0 Å². The summed E-state index contributed by atoms with van der Waals surface area (Å²) in [5.41, 5.74) is 1.58. The van der Waals surface area contributed by atoms with Crippen molar-refractivity contribution in [1.29, 1.82) is 0 Å². The van der Waals surface area contributed by atoms with Crippen LogP contribution in [-0.2, 0) is 3.02 Å². The molecule has 2 N–H and O–H groups in total. The van der Waals surface area contributed by atoms with Crippen LogP contribution in [0.15, 0.2) is 30.5 Å². The number of hydrogen-bond donors (Lipinski definition) is 2. The monoisotopic (exact) mass is 313 g/mol. The molecule has 15 heavy (non-hydrogen) atoms. The van der Waals surface area contributed by atoms with Crippen molar-refractivity contribution in [3.63, 3.8) is 0 Å². The quantitative estimate of drug-likeness (QED) is 0.733. The summed E-state index contributed by atoms with van der Waals surface area (Å²) in [5, 5.41) is 0.559. The molecule has 0 aliphatic rings. The van der Waals surface area contributed by atoms with Gasteiger partial charge in [0.25, 0.3) is 0 Å². The fourth-order valence-electron chi connectivity index (χ4n) is 1.55. The van der Waals surface area contributed by atoms with Crippen LogP contribution < -0.4 is 3.51 Å². The Morgan fingerprint density at radius 3 is 2.67 bits per heavy atom. The van der Waals surface area contributed by atoms with E-state index in [1.165, 1.54) is 6.07 Å². The predicted molar refractivity (Wildman–Crippen MR) is 57.0 cm³/mol. The number of aromatic nitrogens is 1. The van der Waals surface area contributed by atoms with Gasteiger partial charge in [-0.25, -0.2) is 0 Å². The summed E-state index contributed by atoms with van der Waals surface area (Å²) in [6.45, 7) is 1.87. The summed E-state index contributed by atoms with van der Waals surface area (Å²) < 4.78 is 29.9. The fraction of sp³-hybridized carbons (Fsp3) is 0.100. The van der Waals surface area contributed by atoms with Gasteiger partial charge >= 0.3 is 91.8 Å². The van der Waals surface area contributed by atoms with Gasteiger partial charge in [0, 0.05) is 0 Å². The van der Waals surface area contributed by atoms with E-state index in [2.05, 4.69) is 4.98 Å². The zero-order chi connectivity index (χ0) is 11.1. The van der Waals surface area contributed by atoms with Crippen LogP contribution in [-0.4, -0.2) is 31.4 Å². The standard InChI is InChI=1S/C10H8N.2H2O.O.Sb/c1-8-4-2-5-9-6-3-7-11-10(8)9;;;;/h2-4,6-7H,1H3;2*1H2;;/q;;;;+2/p-2. The Balaban J connectivity index is 2.90. The van der Waals surface area contributed by atoms with Crippen molar-refractivity contribution in [2.45, 2.75) is 6.92 Å². The van der Waals surface area contributed by atoms with Crippen molar-refractivity contribution in [3.8, 4) is 0 Å². The van der Waals surface area contributed by atoms with Crippen molar-refractivity contribution in [3.05, 3.63) is 36.0 Å². The Morgan fingerprint density at radius 2 is 2.00 bits per heavy atom. The SMILES string of the molecule is Cc1cc[c]([Sb](=[O])([OH])[OH])c2cccnc12. The molecule has 2 rings (SSSR count). The summed E-state index contributed by atoms with van der Waals surface area (Å²) in [7, 11) is 0. The first-order chi connectivity index (χ1) is 7.00. The molecular formula is C10H10NO3Sb. The fourth-order valence-corrected chi connectivity index (χ4v) is 3.73. The molecule has 0 bridgehead atoms. The average molecular weight is 314 g/mol. The zero-order valence-electron chi connectivity index (χ0n) is 8.08. The van der Waals surface area contributed by atoms with Gasteiger partial charge in [-0.3, -0.25) is 0 Å². The van der Waals surface area contributed by atoms with Crippen LogP contribution in [0, 0.1) is 6.92 Å². The molecule has 1 aromatic heterocycles. The summed E-state index contributed by atoms with van der Waals surface area (Å²) in [6.07, 6.45) is 1.62. The molecule has 4 nitrogen and oxygen atoms in total. The van der Waals surface area contributed by atoms with E-state index in [-0.39, 0.29) is 3.51 Å². The second-order valence-corrected chi connectivity index (χ2v) is 7.83. The van der Waals surface area contributed by atoms with Crippen LogP contribution in [0.25, 0.3) is 10.9 Å². The van der Waals surface area contributed by atoms with E-state index in [1.54, 1.807) is 24.4 Å². The van der Waals surface area contributed by atoms with Gasteiger partial charge in [0.05, 0.1) is 0 Å². The van der Waals surface area contributed by atoms with Gasteiger partial charge in [0.2, 0.25) is 0 Å². The van der Waals surface area contributed by atoms with E-state index in [1.807, 2.05) is 6.92 Å². The Hall–Kier alpha value is -0.832. The van der Waals surface area contributed by atoms with E-state index in [0.717, 1.165) is 5.56 Å². The van der Waals surface area contributed by atoms with Gasteiger partial charge in [0.1, 0.15) is 0 Å². The topological polar surface area (TPSA) is 70.4 Å². The van der Waals surface area contributed by atoms with Crippen molar-refractivity contribution < 1.29 is 9.79 Å². The molecule has 1 aromatic carbocycles. The molecule has 1 heterocycles. The van der Waals surface area contributed by atoms with Crippen LogP contribution in [0.5, 0.6) is 0 Å². The number of rotatable bonds is 1. The number of fused-ring (bicyclic) bond motifs is 1. The summed E-state index contributed by atoms with van der Waals surface area (Å²) in [5.74, 6) is 0. The van der Waals surface area contributed by atoms with Crippen LogP contribution >= 0.6 is 0 Å². The molecule has 0 atom stereocenters. The van der Waals surface area contributed by atoms with E-state index in [0.29, 0.717) is 10.9 Å². The summed E-state index contributed by atoms with van der Waals surface area (Å²) in [6, 6.07) is 6.57. The minimum absolute atomic E-state index is 0.127. The molecule has 78 valence electrons. The average Bonchev–Trinajstić information content (AvgIpc) is 2.17. The molecule has 0 spiro atoms. The maximum atomic E-state index is 11.3. The number of nitrogens with zero attached hydrogens (tertiary/aromatic N) is 1. The molecule has 0 amide bonds. The van der Waals surface area contributed by atoms with Crippen molar-refractivity contribution in [1.82, 2.24) is 4.98 Å². The summed E-state index contributed by atoms with van der Waals surface area (Å²) in [4.78, 5) is 4.13. The van der Waals surface area contributed by atoms with Crippen LogP contribution in [0.2, 0.25) is 0 Å². The Bertz CT molecular complexity index is 562. The van der Waals surface area contributed by atoms with E-state index >= 15 is 0 Å². The third-order valence-electron chi connectivity index (χ3n) is 2.26. The Labute approximate surface area is 91.7 Å². The van der Waals surface area contributed by atoms with Crippen molar-refractivity contribution in [2.75, 3.05) is 0 Å². The van der Waals surface area contributed by atoms with E-state index in [4.69, 9.17) is 0 Å². The molecule has 0 radical (unpaired) electrons. The van der Waals surface area contributed by atoms with Gasteiger partial charge in [0.15, 0.2) is 0 Å². The van der Waals surface area contributed by atoms with Gasteiger partial charge in [-0.1, -0.05) is 0 Å². The van der Waals surface area contributed by atoms with E-state index < -0.39 is 19.6 Å². The number of pyridine rings is 1. The van der Waals surface area contributed by atoms with Crippen LogP contribution in [0.4, 0.5) is 0 Å². The molecule has 0 saturated carbocycles. The number of hydrogen-bond acceptors (Lipinski definition) is 2. The molecule has 0 aliphatic heterocycles. The second-order valence-electron chi connectivity index (χ2n) is 3.35. The molecule has 2 aromatic rings. The van der Waals surface area contributed by atoms with Gasteiger partial charge in [-0.15, -0.1) is 0 Å². The van der Waals surface area contributed by atoms with Gasteiger partial charge in [-0.2, -0.15) is 0 Å². The van der Waals surface area contributed by atoms with Crippen molar-refractivity contribution >= 4 is 34.0 Å². The summed E-state index contributed by atoms with van der Waals surface area (Å²) >= 11 is -5.14. The Kier molecular flexibility index (Phi) is 2.59. The third-order valence-corrected chi connectivity index (χ3v) is 5.17. The maximum absolute atomic E-state index is 11.3. The first-order valence-electron chi connectivity index (χ1n) is 4.40. The molecular weight excluding hydrogens is 304 g/mol. The third kappa shape index (κ3) is 1.93. The molecule has 0 unspecified atom stereocenters. The van der Waals surface area contributed by atoms with Crippen molar-refractivity contribution in [2.24, 2.45) is 0 Å². The number of benzene rings is 1.